The van der Waals surface area contributed by atoms with Crippen LogP contribution in [0.25, 0.3) is 0 Å². The molecule has 5 nitrogen and oxygen atoms in total. The second-order valence-electron chi connectivity index (χ2n) is 6.17. The zero-order valence-corrected chi connectivity index (χ0v) is 14.9. The van der Waals surface area contributed by atoms with Crippen molar-refractivity contribution in [3.8, 4) is 0 Å². The van der Waals surface area contributed by atoms with Crippen molar-refractivity contribution in [3.05, 3.63) is 46.5 Å². The molecule has 1 saturated heterocycles. The smallest absolute Gasteiger partial charge is 0.223 e. The average molecular weight is 344 g/mol. The summed E-state index contributed by atoms with van der Waals surface area (Å²) in [4.78, 5) is 17.9. The summed E-state index contributed by atoms with van der Waals surface area (Å²) in [7, 11) is 0. The second kappa shape index (κ2) is 8.37. The third kappa shape index (κ3) is 5.12. The number of carbonyl (C=O) groups excluding carboxylic acids is 1. The van der Waals surface area contributed by atoms with Gasteiger partial charge in [-0.05, 0) is 24.0 Å². The minimum Gasteiger partial charge on any atom is -0.314 e. The van der Waals surface area contributed by atoms with Crippen LogP contribution >= 0.6 is 11.3 Å². The Morgan fingerprint density at radius 2 is 1.92 bits per heavy atom. The summed E-state index contributed by atoms with van der Waals surface area (Å²) in [5.74, 6) is -0.0732. The lowest BCUT2D eigenvalue weighted by Gasteiger charge is -2.27. The van der Waals surface area contributed by atoms with E-state index in [1.807, 2.05) is 5.38 Å². The Labute approximate surface area is 147 Å². The molecule has 0 atom stereocenters. The molecular formula is C18H24N4OS. The molecule has 0 spiro atoms. The first kappa shape index (κ1) is 17.1. The van der Waals surface area contributed by atoms with Gasteiger partial charge in [-0.2, -0.15) is 0 Å². The summed E-state index contributed by atoms with van der Waals surface area (Å²) in [6, 6.07) is 8.92. The molecule has 1 amide bonds. The Balaban J connectivity index is 1.48. The number of amides is 1. The lowest BCUT2D eigenvalue weighted by Crippen LogP contribution is -2.42. The molecule has 0 aliphatic carbocycles. The van der Waals surface area contributed by atoms with Crippen molar-refractivity contribution in [3.63, 3.8) is 0 Å². The third-order valence-electron chi connectivity index (χ3n) is 4.14. The van der Waals surface area contributed by atoms with Gasteiger partial charge >= 0.3 is 0 Å². The van der Waals surface area contributed by atoms with Gasteiger partial charge < -0.3 is 10.6 Å². The topological polar surface area (TPSA) is 57.3 Å². The molecule has 1 fully saturated rings. The van der Waals surface area contributed by atoms with Gasteiger partial charge in [-0.25, -0.2) is 4.98 Å². The van der Waals surface area contributed by atoms with E-state index in [0.717, 1.165) is 51.3 Å². The first-order valence-corrected chi connectivity index (χ1v) is 9.30. The highest BCUT2D eigenvalue weighted by Crippen LogP contribution is 2.17. The van der Waals surface area contributed by atoms with Crippen molar-refractivity contribution in [1.82, 2.24) is 15.2 Å². The number of piperazine rings is 1. The van der Waals surface area contributed by atoms with Gasteiger partial charge in [0.25, 0.3) is 0 Å². The Bertz CT molecular complexity index is 662. The van der Waals surface area contributed by atoms with Gasteiger partial charge in [0, 0.05) is 45.0 Å². The first-order valence-electron chi connectivity index (χ1n) is 8.42. The van der Waals surface area contributed by atoms with Crippen LogP contribution in [0, 0.1) is 0 Å². The molecule has 3 rings (SSSR count). The molecule has 6 heteroatoms. The SMILES string of the molecule is CC(=O)Nc1nc(CCc2ccc(CN3CCNCC3)cc2)cs1. The minimum absolute atomic E-state index is 0.0732. The summed E-state index contributed by atoms with van der Waals surface area (Å²) in [6.07, 6.45) is 1.87. The third-order valence-corrected chi connectivity index (χ3v) is 4.95. The number of rotatable bonds is 6. The average Bonchev–Trinajstić information content (AvgIpc) is 3.02. The van der Waals surface area contributed by atoms with Crippen molar-refractivity contribution >= 4 is 22.4 Å². The van der Waals surface area contributed by atoms with E-state index < -0.39 is 0 Å². The number of nitrogens with one attached hydrogen (secondary N) is 2. The quantitative estimate of drug-likeness (QED) is 0.844. The summed E-state index contributed by atoms with van der Waals surface area (Å²) < 4.78 is 0. The molecule has 1 aliphatic rings. The molecular weight excluding hydrogens is 320 g/mol. The van der Waals surface area contributed by atoms with E-state index in [4.69, 9.17) is 0 Å². The van der Waals surface area contributed by atoms with Gasteiger partial charge in [-0.15, -0.1) is 11.3 Å². The number of aromatic nitrogens is 1. The molecule has 2 aromatic rings. The normalized spacial score (nSPS) is 15.4. The van der Waals surface area contributed by atoms with Crippen LogP contribution in [-0.4, -0.2) is 42.0 Å². The maximum Gasteiger partial charge on any atom is 0.223 e. The summed E-state index contributed by atoms with van der Waals surface area (Å²) >= 11 is 1.48. The molecule has 2 N–H and O–H groups in total. The lowest BCUT2D eigenvalue weighted by atomic mass is 10.1. The molecule has 1 aliphatic heterocycles. The summed E-state index contributed by atoms with van der Waals surface area (Å²) in [5.41, 5.74) is 3.74. The number of thiazole rings is 1. The predicted molar refractivity (Wildman–Crippen MR) is 98.4 cm³/mol. The Morgan fingerprint density at radius 1 is 1.21 bits per heavy atom. The Hall–Kier alpha value is -1.76. The predicted octanol–water partition coefficient (Wildman–Crippen LogP) is 2.29. The number of aryl methyl sites for hydroxylation is 2. The van der Waals surface area contributed by atoms with Crippen LogP contribution in [0.2, 0.25) is 0 Å². The molecule has 0 unspecified atom stereocenters. The van der Waals surface area contributed by atoms with Crippen molar-refractivity contribution in [2.75, 3.05) is 31.5 Å². The number of anilines is 1. The van der Waals surface area contributed by atoms with Crippen molar-refractivity contribution in [1.29, 1.82) is 0 Å². The molecule has 1 aromatic heterocycles. The van der Waals surface area contributed by atoms with Crippen LogP contribution < -0.4 is 10.6 Å². The van der Waals surface area contributed by atoms with Crippen LogP contribution in [0.5, 0.6) is 0 Å². The lowest BCUT2D eigenvalue weighted by molar-refractivity contribution is -0.114. The van der Waals surface area contributed by atoms with Crippen molar-refractivity contribution < 1.29 is 4.79 Å². The number of benzene rings is 1. The Morgan fingerprint density at radius 3 is 2.62 bits per heavy atom. The van der Waals surface area contributed by atoms with Crippen LogP contribution in [0.15, 0.2) is 29.6 Å². The number of hydrogen-bond donors (Lipinski definition) is 2. The van der Waals surface area contributed by atoms with Crippen molar-refractivity contribution in [2.45, 2.75) is 26.3 Å². The fraction of sp³-hybridized carbons (Fsp3) is 0.444. The monoisotopic (exact) mass is 344 g/mol. The second-order valence-corrected chi connectivity index (χ2v) is 7.03. The van der Waals surface area contributed by atoms with E-state index in [9.17, 15) is 4.79 Å². The minimum atomic E-state index is -0.0732. The molecule has 128 valence electrons. The molecule has 0 radical (unpaired) electrons. The maximum atomic E-state index is 11.0. The van der Waals surface area contributed by atoms with Gasteiger partial charge in [0.2, 0.25) is 5.91 Å². The van der Waals surface area contributed by atoms with Gasteiger partial charge in [-0.1, -0.05) is 24.3 Å². The van der Waals surface area contributed by atoms with E-state index in [2.05, 4.69) is 44.8 Å². The fourth-order valence-electron chi connectivity index (χ4n) is 2.84. The Kier molecular flexibility index (Phi) is 5.96. The van der Waals surface area contributed by atoms with E-state index in [0.29, 0.717) is 5.13 Å². The molecule has 0 bridgehead atoms. The number of carbonyl (C=O) groups is 1. The van der Waals surface area contributed by atoms with Crippen LogP contribution in [0.4, 0.5) is 5.13 Å². The number of hydrogen-bond acceptors (Lipinski definition) is 5. The van der Waals surface area contributed by atoms with Gasteiger partial charge in [0.1, 0.15) is 0 Å². The largest absolute Gasteiger partial charge is 0.314 e. The molecule has 1 aromatic carbocycles. The maximum absolute atomic E-state index is 11.0. The van der Waals surface area contributed by atoms with E-state index in [1.54, 1.807) is 0 Å². The van der Waals surface area contributed by atoms with Gasteiger partial charge in [0.05, 0.1) is 5.69 Å². The first-order chi connectivity index (χ1) is 11.7. The molecule has 24 heavy (non-hydrogen) atoms. The van der Waals surface area contributed by atoms with E-state index in [1.165, 1.54) is 29.4 Å². The van der Waals surface area contributed by atoms with Gasteiger partial charge in [0.15, 0.2) is 5.13 Å². The van der Waals surface area contributed by atoms with Crippen LogP contribution in [0.3, 0.4) is 0 Å². The van der Waals surface area contributed by atoms with Crippen LogP contribution in [-0.2, 0) is 24.2 Å². The molecule has 0 saturated carbocycles. The number of nitrogens with zero attached hydrogens (tertiary/aromatic N) is 2. The van der Waals surface area contributed by atoms with E-state index >= 15 is 0 Å². The summed E-state index contributed by atoms with van der Waals surface area (Å²) in [5, 5.41) is 8.82. The zero-order valence-electron chi connectivity index (χ0n) is 14.0. The standard InChI is InChI=1S/C18H24N4OS/c1-14(23)20-18-21-17(13-24-18)7-6-15-2-4-16(5-3-15)12-22-10-8-19-9-11-22/h2-5,13,19H,6-12H2,1H3,(H,20,21,23). The highest BCUT2D eigenvalue weighted by Gasteiger charge is 2.09. The fourth-order valence-corrected chi connectivity index (χ4v) is 3.63. The highest BCUT2D eigenvalue weighted by atomic mass is 32.1. The summed E-state index contributed by atoms with van der Waals surface area (Å²) in [6.45, 7) is 6.97. The zero-order chi connectivity index (χ0) is 16.8. The van der Waals surface area contributed by atoms with Crippen LogP contribution in [0.1, 0.15) is 23.7 Å². The highest BCUT2D eigenvalue weighted by molar-refractivity contribution is 7.13. The molecule has 2 heterocycles. The van der Waals surface area contributed by atoms with E-state index in [-0.39, 0.29) is 5.91 Å². The van der Waals surface area contributed by atoms with Crippen molar-refractivity contribution in [2.24, 2.45) is 0 Å². The van der Waals surface area contributed by atoms with Gasteiger partial charge in [-0.3, -0.25) is 9.69 Å².